The van der Waals surface area contributed by atoms with Crippen LogP contribution < -0.4 is 11.1 Å². The smallest absolute Gasteiger partial charge is 0.320 e. The van der Waals surface area contributed by atoms with Gasteiger partial charge in [-0.15, -0.1) is 0 Å². The number of rotatable bonds is 3. The number of esters is 1. The fourth-order valence-electron chi connectivity index (χ4n) is 1.81. The molecule has 0 heterocycles. The molecule has 0 radical (unpaired) electrons. The largest absolute Gasteiger partial charge is 0.459 e. The fraction of sp³-hybridized carbons (Fsp3) is 0.909. The minimum atomic E-state index is -0.398. The summed E-state index contributed by atoms with van der Waals surface area (Å²) in [5.41, 5.74) is 5.38. The normalized spacial score (nSPS) is 26.7. The van der Waals surface area contributed by atoms with Crippen LogP contribution in [-0.4, -0.2) is 30.2 Å². The molecule has 88 valence electrons. The average molecular weight is 214 g/mol. The molecule has 4 nitrogen and oxygen atoms in total. The molecule has 1 aliphatic rings. The highest BCUT2D eigenvalue weighted by molar-refractivity contribution is 5.72. The van der Waals surface area contributed by atoms with Crippen molar-refractivity contribution in [3.63, 3.8) is 0 Å². The zero-order valence-corrected chi connectivity index (χ0v) is 9.88. The first-order chi connectivity index (χ1) is 6.87. The third-order valence-corrected chi connectivity index (χ3v) is 2.43. The van der Waals surface area contributed by atoms with Crippen LogP contribution in [0.25, 0.3) is 0 Å². The van der Waals surface area contributed by atoms with Crippen molar-refractivity contribution in [3.8, 4) is 0 Å². The number of nitrogens with one attached hydrogen (secondary N) is 1. The first-order valence-electron chi connectivity index (χ1n) is 5.57. The quantitative estimate of drug-likeness (QED) is 0.682. The van der Waals surface area contributed by atoms with E-state index in [-0.39, 0.29) is 12.5 Å². The van der Waals surface area contributed by atoms with Crippen LogP contribution in [0.15, 0.2) is 0 Å². The maximum Gasteiger partial charge on any atom is 0.320 e. The van der Waals surface area contributed by atoms with Gasteiger partial charge in [0.15, 0.2) is 0 Å². The Morgan fingerprint density at radius 1 is 1.47 bits per heavy atom. The molecule has 0 aromatic rings. The second-order valence-corrected chi connectivity index (χ2v) is 5.24. The minimum Gasteiger partial charge on any atom is -0.459 e. The summed E-state index contributed by atoms with van der Waals surface area (Å²) in [5.74, 6) is -0.192. The third-order valence-electron chi connectivity index (χ3n) is 2.43. The first kappa shape index (κ1) is 12.5. The Labute approximate surface area is 91.5 Å². The van der Waals surface area contributed by atoms with Crippen LogP contribution in [0.2, 0.25) is 0 Å². The van der Waals surface area contributed by atoms with Crippen LogP contribution in [0.3, 0.4) is 0 Å². The van der Waals surface area contributed by atoms with Gasteiger partial charge in [-0.2, -0.15) is 0 Å². The molecule has 1 aliphatic carbocycles. The van der Waals surface area contributed by atoms with Crippen molar-refractivity contribution in [2.75, 3.05) is 6.54 Å². The molecule has 4 heteroatoms. The van der Waals surface area contributed by atoms with Gasteiger partial charge < -0.3 is 15.8 Å². The van der Waals surface area contributed by atoms with Crippen molar-refractivity contribution >= 4 is 5.97 Å². The van der Waals surface area contributed by atoms with Gasteiger partial charge in [0.05, 0.1) is 6.54 Å². The SMILES string of the molecule is CC(C)(C)OC(=O)CNC1CCC(N)C1. The van der Waals surface area contributed by atoms with Crippen molar-refractivity contribution in [3.05, 3.63) is 0 Å². The number of carbonyl (C=O) groups excluding carboxylic acids is 1. The fourth-order valence-corrected chi connectivity index (χ4v) is 1.81. The third kappa shape index (κ3) is 5.14. The molecule has 0 aliphatic heterocycles. The van der Waals surface area contributed by atoms with Gasteiger partial charge in [0.25, 0.3) is 0 Å². The Hall–Kier alpha value is -0.610. The first-order valence-corrected chi connectivity index (χ1v) is 5.57. The Morgan fingerprint density at radius 3 is 2.60 bits per heavy atom. The van der Waals surface area contributed by atoms with Crippen LogP contribution in [-0.2, 0) is 9.53 Å². The summed E-state index contributed by atoms with van der Waals surface area (Å²) in [6.07, 6.45) is 3.07. The van der Waals surface area contributed by atoms with E-state index in [1.807, 2.05) is 20.8 Å². The standard InChI is InChI=1S/C11H22N2O2/c1-11(2,3)15-10(14)7-13-9-5-4-8(12)6-9/h8-9,13H,4-7,12H2,1-3H3. The maximum atomic E-state index is 11.4. The molecule has 0 bridgehead atoms. The second kappa shape index (κ2) is 4.94. The van der Waals surface area contributed by atoms with Crippen LogP contribution in [0.5, 0.6) is 0 Å². The molecule has 2 atom stereocenters. The molecule has 1 saturated carbocycles. The van der Waals surface area contributed by atoms with Crippen LogP contribution >= 0.6 is 0 Å². The highest BCUT2D eigenvalue weighted by Gasteiger charge is 2.23. The molecule has 0 aromatic heterocycles. The van der Waals surface area contributed by atoms with E-state index in [2.05, 4.69) is 5.32 Å². The Bertz CT molecular complexity index is 223. The number of carbonyl (C=O) groups is 1. The number of ether oxygens (including phenoxy) is 1. The molecule has 2 unspecified atom stereocenters. The van der Waals surface area contributed by atoms with E-state index < -0.39 is 5.60 Å². The Morgan fingerprint density at radius 2 is 2.13 bits per heavy atom. The summed E-state index contributed by atoms with van der Waals surface area (Å²) in [7, 11) is 0. The summed E-state index contributed by atoms with van der Waals surface area (Å²) in [6.45, 7) is 5.90. The molecule has 1 fully saturated rings. The molecule has 1 rings (SSSR count). The predicted octanol–water partition coefficient (Wildman–Crippen LogP) is 0.797. The summed E-state index contributed by atoms with van der Waals surface area (Å²) in [4.78, 5) is 11.4. The molecule has 0 saturated heterocycles. The van der Waals surface area contributed by atoms with E-state index in [1.165, 1.54) is 0 Å². The lowest BCUT2D eigenvalue weighted by molar-refractivity contribution is -0.153. The van der Waals surface area contributed by atoms with Crippen molar-refractivity contribution in [1.29, 1.82) is 0 Å². The van der Waals surface area contributed by atoms with E-state index in [0.717, 1.165) is 19.3 Å². The van der Waals surface area contributed by atoms with Gasteiger partial charge in [0.1, 0.15) is 5.60 Å². The summed E-state index contributed by atoms with van der Waals surface area (Å²) in [5, 5.41) is 3.18. The number of nitrogens with two attached hydrogens (primary N) is 1. The average Bonchev–Trinajstić information content (AvgIpc) is 2.45. The van der Waals surface area contributed by atoms with Gasteiger partial charge in [-0.25, -0.2) is 0 Å². The molecule has 15 heavy (non-hydrogen) atoms. The number of hydrogen-bond donors (Lipinski definition) is 2. The van der Waals surface area contributed by atoms with Gasteiger partial charge in [-0.05, 0) is 40.0 Å². The van der Waals surface area contributed by atoms with Gasteiger partial charge in [0, 0.05) is 12.1 Å². The molecule has 3 N–H and O–H groups in total. The molecule has 0 amide bonds. The maximum absolute atomic E-state index is 11.4. The van der Waals surface area contributed by atoms with Crippen molar-refractivity contribution in [1.82, 2.24) is 5.32 Å². The van der Waals surface area contributed by atoms with E-state index in [1.54, 1.807) is 0 Å². The second-order valence-electron chi connectivity index (χ2n) is 5.24. The molecule has 0 spiro atoms. The lowest BCUT2D eigenvalue weighted by Gasteiger charge is -2.20. The Kier molecular flexibility index (Phi) is 4.11. The van der Waals surface area contributed by atoms with Gasteiger partial charge in [0.2, 0.25) is 0 Å². The topological polar surface area (TPSA) is 64.3 Å². The lowest BCUT2D eigenvalue weighted by atomic mass is 10.2. The highest BCUT2D eigenvalue weighted by Crippen LogP contribution is 2.16. The summed E-state index contributed by atoms with van der Waals surface area (Å²) >= 11 is 0. The van der Waals surface area contributed by atoms with E-state index in [4.69, 9.17) is 10.5 Å². The van der Waals surface area contributed by atoms with E-state index >= 15 is 0 Å². The highest BCUT2D eigenvalue weighted by atomic mass is 16.6. The van der Waals surface area contributed by atoms with Gasteiger partial charge in [-0.3, -0.25) is 4.79 Å². The zero-order valence-electron chi connectivity index (χ0n) is 9.88. The van der Waals surface area contributed by atoms with Gasteiger partial charge in [-0.1, -0.05) is 0 Å². The van der Waals surface area contributed by atoms with Crippen LogP contribution in [0.1, 0.15) is 40.0 Å². The van der Waals surface area contributed by atoms with Crippen LogP contribution in [0.4, 0.5) is 0 Å². The summed E-state index contributed by atoms with van der Waals surface area (Å²) < 4.78 is 5.19. The molecular weight excluding hydrogens is 192 g/mol. The lowest BCUT2D eigenvalue weighted by Crippen LogP contribution is -2.36. The monoisotopic (exact) mass is 214 g/mol. The Balaban J connectivity index is 2.17. The minimum absolute atomic E-state index is 0.192. The van der Waals surface area contributed by atoms with E-state index in [9.17, 15) is 4.79 Å². The molecular formula is C11H22N2O2. The van der Waals surface area contributed by atoms with Crippen molar-refractivity contribution < 1.29 is 9.53 Å². The summed E-state index contributed by atoms with van der Waals surface area (Å²) in [6, 6.07) is 0.675. The van der Waals surface area contributed by atoms with Crippen molar-refractivity contribution in [2.24, 2.45) is 5.73 Å². The van der Waals surface area contributed by atoms with Crippen LogP contribution in [0, 0.1) is 0 Å². The van der Waals surface area contributed by atoms with E-state index in [0.29, 0.717) is 12.1 Å². The number of hydrogen-bond acceptors (Lipinski definition) is 4. The zero-order chi connectivity index (χ0) is 11.5. The molecule has 0 aromatic carbocycles. The van der Waals surface area contributed by atoms with Crippen molar-refractivity contribution in [2.45, 2.75) is 57.7 Å². The van der Waals surface area contributed by atoms with Gasteiger partial charge >= 0.3 is 5.97 Å². The predicted molar refractivity (Wildman–Crippen MR) is 59.5 cm³/mol.